The lowest BCUT2D eigenvalue weighted by molar-refractivity contribution is 0.0940. The molecule has 1 atom stereocenters. The zero-order valence-corrected chi connectivity index (χ0v) is 17.2. The summed E-state index contributed by atoms with van der Waals surface area (Å²) in [5.41, 5.74) is 2.56. The van der Waals surface area contributed by atoms with Gasteiger partial charge in [0.05, 0.1) is 17.0 Å². The Kier molecular flexibility index (Phi) is 5.59. The first-order chi connectivity index (χ1) is 13.6. The normalized spacial score (nSPS) is 15.0. The van der Waals surface area contributed by atoms with Crippen molar-refractivity contribution in [1.82, 2.24) is 20.0 Å². The van der Waals surface area contributed by atoms with E-state index in [1.54, 1.807) is 11.3 Å². The van der Waals surface area contributed by atoms with E-state index in [0.717, 1.165) is 16.1 Å². The fourth-order valence-corrected chi connectivity index (χ4v) is 4.08. The second kappa shape index (κ2) is 8.29. The van der Waals surface area contributed by atoms with E-state index < -0.39 is 0 Å². The zero-order chi connectivity index (χ0) is 19.5. The monoisotopic (exact) mass is 394 g/mol. The second-order valence-corrected chi connectivity index (χ2v) is 8.46. The Hall–Kier alpha value is -2.44. The van der Waals surface area contributed by atoms with Gasteiger partial charge in [-0.05, 0) is 43.8 Å². The van der Waals surface area contributed by atoms with Gasteiger partial charge in [0.15, 0.2) is 0 Å². The molecule has 28 heavy (non-hydrogen) atoms. The van der Waals surface area contributed by atoms with E-state index in [2.05, 4.69) is 36.3 Å². The van der Waals surface area contributed by atoms with Crippen molar-refractivity contribution >= 4 is 17.2 Å². The summed E-state index contributed by atoms with van der Waals surface area (Å²) in [5.74, 6) is -0.0567. The molecular formula is C22H26N4OS. The highest BCUT2D eigenvalue weighted by molar-refractivity contribution is 7.13. The second-order valence-electron chi connectivity index (χ2n) is 7.51. The van der Waals surface area contributed by atoms with E-state index in [0.29, 0.717) is 30.7 Å². The maximum atomic E-state index is 13.0. The SMILES string of the molecule is CC(CNC(=O)c1cn(Cc2ccccc2)nc1-c1cccs1)N(C)C1CC1. The highest BCUT2D eigenvalue weighted by atomic mass is 32.1. The molecule has 0 bridgehead atoms. The minimum Gasteiger partial charge on any atom is -0.350 e. The first kappa shape index (κ1) is 18.9. The van der Waals surface area contributed by atoms with Gasteiger partial charge in [-0.25, -0.2) is 0 Å². The topological polar surface area (TPSA) is 50.2 Å². The number of rotatable bonds is 8. The molecule has 2 heterocycles. The van der Waals surface area contributed by atoms with Crippen molar-refractivity contribution in [3.05, 3.63) is 65.2 Å². The maximum absolute atomic E-state index is 13.0. The molecule has 0 spiro atoms. The number of nitrogens with one attached hydrogen (secondary N) is 1. The molecule has 0 radical (unpaired) electrons. The number of benzene rings is 1. The molecule has 6 heteroatoms. The summed E-state index contributed by atoms with van der Waals surface area (Å²) >= 11 is 1.60. The fourth-order valence-electron chi connectivity index (χ4n) is 3.36. The number of hydrogen-bond donors (Lipinski definition) is 1. The van der Waals surface area contributed by atoms with Crippen LogP contribution in [0.3, 0.4) is 0 Å². The summed E-state index contributed by atoms with van der Waals surface area (Å²) in [7, 11) is 2.14. The molecule has 1 N–H and O–H groups in total. The van der Waals surface area contributed by atoms with Gasteiger partial charge >= 0.3 is 0 Å². The summed E-state index contributed by atoms with van der Waals surface area (Å²) in [6.45, 7) is 3.45. The highest BCUT2D eigenvalue weighted by Gasteiger charge is 2.29. The Bertz CT molecular complexity index is 915. The molecule has 1 aromatic carbocycles. The van der Waals surface area contributed by atoms with Crippen LogP contribution in [-0.4, -0.2) is 46.3 Å². The number of hydrogen-bond acceptors (Lipinski definition) is 4. The van der Waals surface area contributed by atoms with E-state index >= 15 is 0 Å². The van der Waals surface area contributed by atoms with Crippen molar-refractivity contribution in [2.75, 3.05) is 13.6 Å². The van der Waals surface area contributed by atoms with Crippen molar-refractivity contribution in [2.45, 2.75) is 38.4 Å². The molecular weight excluding hydrogens is 368 g/mol. The minimum atomic E-state index is -0.0567. The summed E-state index contributed by atoms with van der Waals surface area (Å²) in [4.78, 5) is 16.3. The molecule has 1 unspecified atom stereocenters. The summed E-state index contributed by atoms with van der Waals surface area (Å²) in [6, 6.07) is 15.2. The summed E-state index contributed by atoms with van der Waals surface area (Å²) in [5, 5.41) is 9.85. The van der Waals surface area contributed by atoms with E-state index in [4.69, 9.17) is 5.10 Å². The third-order valence-electron chi connectivity index (χ3n) is 5.32. The quantitative estimate of drug-likeness (QED) is 0.631. The number of amides is 1. The van der Waals surface area contributed by atoms with Crippen LogP contribution in [0, 0.1) is 0 Å². The van der Waals surface area contributed by atoms with Gasteiger partial charge in [0.1, 0.15) is 5.69 Å². The lowest BCUT2D eigenvalue weighted by Crippen LogP contribution is -2.41. The highest BCUT2D eigenvalue weighted by Crippen LogP contribution is 2.28. The minimum absolute atomic E-state index is 0.0567. The van der Waals surface area contributed by atoms with Crippen molar-refractivity contribution in [1.29, 1.82) is 0 Å². The van der Waals surface area contributed by atoms with Crippen LogP contribution in [0.2, 0.25) is 0 Å². The van der Waals surface area contributed by atoms with Gasteiger partial charge in [0.25, 0.3) is 5.91 Å². The first-order valence-electron chi connectivity index (χ1n) is 9.77. The summed E-state index contributed by atoms with van der Waals surface area (Å²) < 4.78 is 1.86. The Labute approximate surface area is 170 Å². The van der Waals surface area contributed by atoms with Crippen LogP contribution in [0.4, 0.5) is 0 Å². The van der Waals surface area contributed by atoms with Gasteiger partial charge < -0.3 is 5.32 Å². The third-order valence-corrected chi connectivity index (χ3v) is 6.20. The van der Waals surface area contributed by atoms with Crippen molar-refractivity contribution in [3.8, 4) is 10.6 Å². The summed E-state index contributed by atoms with van der Waals surface area (Å²) in [6.07, 6.45) is 4.40. The number of thiophene rings is 1. The molecule has 4 rings (SSSR count). The molecule has 1 aliphatic rings. The van der Waals surface area contributed by atoms with E-state index in [9.17, 15) is 4.79 Å². The molecule has 3 aromatic rings. The number of nitrogens with zero attached hydrogens (tertiary/aromatic N) is 3. The Morgan fingerprint density at radius 3 is 2.75 bits per heavy atom. The van der Waals surface area contributed by atoms with Gasteiger partial charge in [-0.15, -0.1) is 11.3 Å². The molecule has 146 valence electrons. The first-order valence-corrected chi connectivity index (χ1v) is 10.6. The van der Waals surface area contributed by atoms with E-state index in [1.807, 2.05) is 46.6 Å². The van der Waals surface area contributed by atoms with Gasteiger partial charge in [0.2, 0.25) is 0 Å². The average molecular weight is 395 g/mol. The molecule has 2 aromatic heterocycles. The molecule has 1 saturated carbocycles. The lowest BCUT2D eigenvalue weighted by Gasteiger charge is -2.24. The number of likely N-dealkylation sites (N-methyl/N-ethyl adjacent to an activating group) is 1. The molecule has 1 aliphatic carbocycles. The molecule has 0 saturated heterocycles. The lowest BCUT2D eigenvalue weighted by atomic mass is 10.2. The van der Waals surface area contributed by atoms with Crippen molar-refractivity contribution < 1.29 is 4.79 Å². The third kappa shape index (κ3) is 4.34. The molecule has 1 fully saturated rings. The molecule has 1 amide bonds. The largest absolute Gasteiger partial charge is 0.350 e. The van der Waals surface area contributed by atoms with Gasteiger partial charge in [-0.1, -0.05) is 36.4 Å². The Balaban J connectivity index is 1.51. The van der Waals surface area contributed by atoms with Gasteiger partial charge in [-0.3, -0.25) is 14.4 Å². The predicted molar refractivity (Wildman–Crippen MR) is 114 cm³/mol. The Morgan fingerprint density at radius 2 is 2.07 bits per heavy atom. The fraction of sp³-hybridized carbons (Fsp3) is 0.364. The van der Waals surface area contributed by atoms with Gasteiger partial charge in [-0.2, -0.15) is 5.10 Å². The zero-order valence-electron chi connectivity index (χ0n) is 16.3. The average Bonchev–Trinajstić information content (AvgIpc) is 3.24. The molecule has 0 aliphatic heterocycles. The van der Waals surface area contributed by atoms with E-state index in [-0.39, 0.29) is 5.91 Å². The maximum Gasteiger partial charge on any atom is 0.255 e. The number of carbonyl (C=O) groups excluding carboxylic acids is 1. The van der Waals surface area contributed by atoms with Crippen molar-refractivity contribution in [2.24, 2.45) is 0 Å². The predicted octanol–water partition coefficient (Wildman–Crippen LogP) is 3.87. The number of carbonyl (C=O) groups is 1. The van der Waals surface area contributed by atoms with E-state index in [1.165, 1.54) is 12.8 Å². The smallest absolute Gasteiger partial charge is 0.255 e. The molecule has 5 nitrogen and oxygen atoms in total. The standard InChI is InChI=1S/C22H26N4OS/c1-16(25(2)18-10-11-18)13-23-22(27)19-15-26(14-17-7-4-3-5-8-17)24-21(19)20-9-6-12-28-20/h3-9,12,15-16,18H,10-11,13-14H2,1-2H3,(H,23,27). The van der Waals surface area contributed by atoms with Crippen LogP contribution in [0.25, 0.3) is 10.6 Å². The van der Waals surface area contributed by atoms with Crippen LogP contribution in [0.5, 0.6) is 0 Å². The Morgan fingerprint density at radius 1 is 1.29 bits per heavy atom. The van der Waals surface area contributed by atoms with Crippen LogP contribution in [-0.2, 0) is 6.54 Å². The van der Waals surface area contributed by atoms with Crippen LogP contribution < -0.4 is 5.32 Å². The van der Waals surface area contributed by atoms with Crippen LogP contribution in [0.15, 0.2) is 54.0 Å². The van der Waals surface area contributed by atoms with Crippen LogP contribution >= 0.6 is 11.3 Å². The number of aromatic nitrogens is 2. The van der Waals surface area contributed by atoms with Gasteiger partial charge in [0, 0.05) is 24.8 Å². The van der Waals surface area contributed by atoms with Crippen LogP contribution in [0.1, 0.15) is 35.7 Å². The van der Waals surface area contributed by atoms with Crippen molar-refractivity contribution in [3.63, 3.8) is 0 Å².